The quantitative estimate of drug-likeness (QED) is 0.579. The second-order valence-corrected chi connectivity index (χ2v) is 4.45. The Hall–Kier alpha value is -2.62. The number of rotatable bonds is 4. The molecule has 0 saturated heterocycles. The first-order valence-electron chi connectivity index (χ1n) is 6.68. The maximum atomic E-state index is 4.55. The fourth-order valence-electron chi connectivity index (χ4n) is 2.18. The Labute approximate surface area is 117 Å². The molecule has 0 atom stereocenters. The zero-order chi connectivity index (χ0) is 13.8. The predicted molar refractivity (Wildman–Crippen MR) is 83.1 cm³/mol. The molecule has 0 spiro atoms. The molecule has 1 heterocycles. The normalized spacial score (nSPS) is 11.2. The maximum absolute atomic E-state index is 4.55. The SMILES string of the molecule is CCn1c(N/N=C/c2ccccc2)nc2ccccc21. The Balaban J connectivity index is 1.86. The number of hydrazone groups is 1. The van der Waals surface area contributed by atoms with Gasteiger partial charge < -0.3 is 4.57 Å². The lowest BCUT2D eigenvalue weighted by atomic mass is 10.2. The van der Waals surface area contributed by atoms with E-state index in [0.717, 1.165) is 29.1 Å². The summed E-state index contributed by atoms with van der Waals surface area (Å²) in [6.07, 6.45) is 1.79. The van der Waals surface area contributed by atoms with Crippen LogP contribution in [0.4, 0.5) is 5.95 Å². The fourth-order valence-corrected chi connectivity index (χ4v) is 2.18. The second-order valence-electron chi connectivity index (χ2n) is 4.45. The van der Waals surface area contributed by atoms with Crippen molar-refractivity contribution >= 4 is 23.2 Å². The number of nitrogens with zero attached hydrogens (tertiary/aromatic N) is 3. The molecule has 3 aromatic rings. The van der Waals surface area contributed by atoms with Crippen LogP contribution in [0.2, 0.25) is 0 Å². The van der Waals surface area contributed by atoms with Gasteiger partial charge in [-0.25, -0.2) is 10.4 Å². The zero-order valence-electron chi connectivity index (χ0n) is 11.3. The highest BCUT2D eigenvalue weighted by Gasteiger charge is 2.07. The van der Waals surface area contributed by atoms with Gasteiger partial charge in [0.15, 0.2) is 0 Å². The fraction of sp³-hybridized carbons (Fsp3) is 0.125. The number of nitrogens with one attached hydrogen (secondary N) is 1. The third-order valence-electron chi connectivity index (χ3n) is 3.15. The number of para-hydroxylation sites is 2. The van der Waals surface area contributed by atoms with Crippen LogP contribution >= 0.6 is 0 Å². The Morgan fingerprint density at radius 1 is 1.10 bits per heavy atom. The summed E-state index contributed by atoms with van der Waals surface area (Å²) in [7, 11) is 0. The van der Waals surface area contributed by atoms with Gasteiger partial charge in [-0.1, -0.05) is 42.5 Å². The van der Waals surface area contributed by atoms with Gasteiger partial charge in [0.2, 0.25) is 5.95 Å². The van der Waals surface area contributed by atoms with Gasteiger partial charge in [-0.2, -0.15) is 5.10 Å². The lowest BCUT2D eigenvalue weighted by Gasteiger charge is -2.04. The molecule has 100 valence electrons. The van der Waals surface area contributed by atoms with Gasteiger partial charge in [0.25, 0.3) is 0 Å². The van der Waals surface area contributed by atoms with E-state index in [-0.39, 0.29) is 0 Å². The van der Waals surface area contributed by atoms with Gasteiger partial charge in [0.05, 0.1) is 17.2 Å². The minimum Gasteiger partial charge on any atom is -0.309 e. The van der Waals surface area contributed by atoms with Crippen LogP contribution < -0.4 is 5.43 Å². The maximum Gasteiger partial charge on any atom is 0.224 e. The van der Waals surface area contributed by atoms with Gasteiger partial charge in [-0.15, -0.1) is 0 Å². The molecule has 0 bridgehead atoms. The van der Waals surface area contributed by atoms with Crippen molar-refractivity contribution in [1.29, 1.82) is 0 Å². The molecule has 4 nitrogen and oxygen atoms in total. The van der Waals surface area contributed by atoms with Crippen LogP contribution in [0.5, 0.6) is 0 Å². The van der Waals surface area contributed by atoms with E-state index in [4.69, 9.17) is 0 Å². The summed E-state index contributed by atoms with van der Waals surface area (Å²) in [5.74, 6) is 0.765. The highest BCUT2D eigenvalue weighted by Crippen LogP contribution is 2.19. The van der Waals surface area contributed by atoms with E-state index < -0.39 is 0 Å². The Bertz CT molecular complexity index is 729. The van der Waals surface area contributed by atoms with E-state index >= 15 is 0 Å². The molecule has 4 heteroatoms. The molecule has 0 unspecified atom stereocenters. The minimum absolute atomic E-state index is 0.765. The molecular weight excluding hydrogens is 248 g/mol. The first kappa shape index (κ1) is 12.4. The third-order valence-corrected chi connectivity index (χ3v) is 3.15. The lowest BCUT2D eigenvalue weighted by Crippen LogP contribution is -2.01. The summed E-state index contributed by atoms with van der Waals surface area (Å²) < 4.78 is 2.11. The van der Waals surface area contributed by atoms with Gasteiger partial charge >= 0.3 is 0 Å². The molecule has 0 amide bonds. The number of aryl methyl sites for hydroxylation is 1. The van der Waals surface area contributed by atoms with Crippen molar-refractivity contribution in [2.45, 2.75) is 13.5 Å². The summed E-state index contributed by atoms with van der Waals surface area (Å²) in [6.45, 7) is 2.95. The molecule has 20 heavy (non-hydrogen) atoms. The van der Waals surface area contributed by atoms with E-state index in [1.165, 1.54) is 0 Å². The number of aromatic nitrogens is 2. The van der Waals surface area contributed by atoms with Crippen molar-refractivity contribution in [3.8, 4) is 0 Å². The smallest absolute Gasteiger partial charge is 0.224 e. The van der Waals surface area contributed by atoms with E-state index in [0.29, 0.717) is 0 Å². The van der Waals surface area contributed by atoms with Crippen LogP contribution in [-0.2, 0) is 6.54 Å². The summed E-state index contributed by atoms with van der Waals surface area (Å²) in [5.41, 5.74) is 6.17. The molecule has 1 aromatic heterocycles. The van der Waals surface area contributed by atoms with Crippen molar-refractivity contribution in [1.82, 2.24) is 9.55 Å². The average Bonchev–Trinajstić information content (AvgIpc) is 2.86. The van der Waals surface area contributed by atoms with Gasteiger partial charge in [0.1, 0.15) is 0 Å². The summed E-state index contributed by atoms with van der Waals surface area (Å²) >= 11 is 0. The molecular formula is C16H16N4. The molecule has 0 aliphatic carbocycles. The number of anilines is 1. The second kappa shape index (κ2) is 5.57. The van der Waals surface area contributed by atoms with Crippen molar-refractivity contribution in [3.63, 3.8) is 0 Å². The summed E-state index contributed by atoms with van der Waals surface area (Å²) in [6, 6.07) is 18.1. The monoisotopic (exact) mass is 264 g/mol. The van der Waals surface area contributed by atoms with E-state index in [1.807, 2.05) is 48.5 Å². The van der Waals surface area contributed by atoms with E-state index in [9.17, 15) is 0 Å². The first-order chi connectivity index (χ1) is 9.88. The molecule has 2 aromatic carbocycles. The molecule has 0 fully saturated rings. The lowest BCUT2D eigenvalue weighted by molar-refractivity contribution is 0.791. The molecule has 3 rings (SSSR count). The number of fused-ring (bicyclic) bond motifs is 1. The molecule has 0 saturated carbocycles. The number of hydrogen-bond acceptors (Lipinski definition) is 3. The highest BCUT2D eigenvalue weighted by molar-refractivity contribution is 5.81. The standard InChI is InChI=1S/C16H16N4/c1-2-20-15-11-7-6-10-14(15)18-16(20)19-17-12-13-8-4-3-5-9-13/h3-12H,2H2,1H3,(H,18,19)/b17-12+. The van der Waals surface area contributed by atoms with E-state index in [2.05, 4.69) is 33.1 Å². The highest BCUT2D eigenvalue weighted by atomic mass is 15.4. The van der Waals surface area contributed by atoms with Crippen LogP contribution in [0.15, 0.2) is 59.7 Å². The molecule has 0 aliphatic rings. The van der Waals surface area contributed by atoms with Crippen molar-refractivity contribution in [2.24, 2.45) is 5.10 Å². The van der Waals surface area contributed by atoms with Crippen molar-refractivity contribution in [3.05, 3.63) is 60.2 Å². The van der Waals surface area contributed by atoms with Crippen LogP contribution in [0.25, 0.3) is 11.0 Å². The summed E-state index contributed by atoms with van der Waals surface area (Å²) in [5, 5.41) is 4.26. The number of imidazole rings is 1. The van der Waals surface area contributed by atoms with Crippen LogP contribution in [0, 0.1) is 0 Å². The van der Waals surface area contributed by atoms with Crippen LogP contribution in [0.3, 0.4) is 0 Å². The number of benzene rings is 2. The molecule has 1 N–H and O–H groups in total. The Morgan fingerprint density at radius 2 is 1.85 bits per heavy atom. The van der Waals surface area contributed by atoms with E-state index in [1.54, 1.807) is 6.21 Å². The van der Waals surface area contributed by atoms with Gasteiger partial charge in [-0.05, 0) is 24.6 Å². The van der Waals surface area contributed by atoms with Gasteiger partial charge in [0, 0.05) is 6.54 Å². The zero-order valence-corrected chi connectivity index (χ0v) is 11.3. The largest absolute Gasteiger partial charge is 0.309 e. The van der Waals surface area contributed by atoms with Gasteiger partial charge in [-0.3, -0.25) is 0 Å². The summed E-state index contributed by atoms with van der Waals surface area (Å²) in [4.78, 5) is 4.55. The molecule has 0 radical (unpaired) electrons. The minimum atomic E-state index is 0.765. The first-order valence-corrected chi connectivity index (χ1v) is 6.68. The number of hydrogen-bond donors (Lipinski definition) is 1. The van der Waals surface area contributed by atoms with Crippen molar-refractivity contribution < 1.29 is 0 Å². The topological polar surface area (TPSA) is 42.2 Å². The van der Waals surface area contributed by atoms with Crippen molar-refractivity contribution in [2.75, 3.05) is 5.43 Å². The Morgan fingerprint density at radius 3 is 2.65 bits per heavy atom. The van der Waals surface area contributed by atoms with Crippen LogP contribution in [0.1, 0.15) is 12.5 Å². The van der Waals surface area contributed by atoms with Crippen LogP contribution in [-0.4, -0.2) is 15.8 Å². The average molecular weight is 264 g/mol. The molecule has 0 aliphatic heterocycles. The predicted octanol–water partition coefficient (Wildman–Crippen LogP) is 3.50. The Kier molecular flexibility index (Phi) is 3.46. The third kappa shape index (κ3) is 2.40.